The van der Waals surface area contributed by atoms with E-state index in [1.807, 2.05) is 12.1 Å². The van der Waals surface area contributed by atoms with E-state index in [4.69, 9.17) is 23.2 Å². The maximum atomic E-state index is 12.7. The van der Waals surface area contributed by atoms with Crippen LogP contribution in [-0.4, -0.2) is 25.4 Å². The fourth-order valence-electron chi connectivity index (χ4n) is 2.89. The van der Waals surface area contributed by atoms with Gasteiger partial charge in [0.05, 0.1) is 10.1 Å². The lowest BCUT2D eigenvalue weighted by atomic mass is 10.1. The number of hydrogen-bond acceptors (Lipinski definition) is 3. The van der Waals surface area contributed by atoms with E-state index in [2.05, 4.69) is 0 Å². The van der Waals surface area contributed by atoms with E-state index in [1.54, 1.807) is 24.3 Å². The van der Waals surface area contributed by atoms with Crippen LogP contribution in [0.5, 0.6) is 0 Å². The van der Waals surface area contributed by atoms with Crippen LogP contribution in [0.15, 0.2) is 53.4 Å². The second kappa shape index (κ2) is 5.85. The quantitative estimate of drug-likeness (QED) is 0.911. The van der Waals surface area contributed by atoms with Crippen LogP contribution in [-0.2, 0) is 9.84 Å². The van der Waals surface area contributed by atoms with E-state index in [9.17, 15) is 13.5 Å². The van der Waals surface area contributed by atoms with Gasteiger partial charge in [-0.25, -0.2) is 8.42 Å². The highest BCUT2D eigenvalue weighted by Crippen LogP contribution is 2.53. The van der Waals surface area contributed by atoms with E-state index in [-0.39, 0.29) is 23.3 Å². The number of hydrogen-bond donors (Lipinski definition) is 1. The summed E-state index contributed by atoms with van der Waals surface area (Å²) < 4.78 is 25.5. The van der Waals surface area contributed by atoms with Gasteiger partial charge in [0, 0.05) is 28.5 Å². The van der Waals surface area contributed by atoms with Crippen LogP contribution in [0.2, 0.25) is 10.0 Å². The average molecular weight is 357 g/mol. The van der Waals surface area contributed by atoms with E-state index >= 15 is 0 Å². The van der Waals surface area contributed by atoms with Crippen molar-refractivity contribution in [2.45, 2.75) is 16.1 Å². The molecule has 0 bridgehead atoms. The smallest absolute Gasteiger partial charge is 0.182 e. The van der Waals surface area contributed by atoms with E-state index < -0.39 is 15.1 Å². The number of rotatable bonds is 4. The monoisotopic (exact) mass is 356 g/mol. The summed E-state index contributed by atoms with van der Waals surface area (Å²) in [5.74, 6) is -0.496. The lowest BCUT2D eigenvalue weighted by Crippen LogP contribution is -2.11. The van der Waals surface area contributed by atoms with Crippen molar-refractivity contribution in [2.24, 2.45) is 5.92 Å². The molecular weight excluding hydrogens is 343 g/mol. The Morgan fingerprint density at radius 1 is 0.909 bits per heavy atom. The SMILES string of the molecule is O=S(=O)(c1ccc(Cl)cc1)[C@@H]1[C@@H](CO)[C@@H]1c1ccc(Cl)cc1. The summed E-state index contributed by atoms with van der Waals surface area (Å²) in [4.78, 5) is 0.233. The molecule has 1 fully saturated rings. The maximum absolute atomic E-state index is 12.7. The minimum Gasteiger partial charge on any atom is -0.396 e. The highest BCUT2D eigenvalue weighted by atomic mass is 35.5. The maximum Gasteiger partial charge on any atom is 0.182 e. The molecule has 1 aliphatic rings. The standard InChI is InChI=1S/C16H14Cl2O3S/c17-11-3-1-10(2-4-11)15-14(9-19)16(15)22(20,21)13-7-5-12(18)6-8-13/h1-8,14-16,19H,9H2/t14-,15-,16+/m0/s1. The Morgan fingerprint density at radius 3 is 1.91 bits per heavy atom. The van der Waals surface area contributed by atoms with Crippen LogP contribution >= 0.6 is 23.2 Å². The molecule has 2 aromatic rings. The van der Waals surface area contributed by atoms with Crippen molar-refractivity contribution in [3.63, 3.8) is 0 Å². The van der Waals surface area contributed by atoms with E-state index in [1.165, 1.54) is 12.1 Å². The van der Waals surface area contributed by atoms with Gasteiger partial charge in [-0.15, -0.1) is 0 Å². The highest BCUT2D eigenvalue weighted by molar-refractivity contribution is 7.92. The zero-order valence-electron chi connectivity index (χ0n) is 11.5. The molecule has 0 saturated heterocycles. The van der Waals surface area contributed by atoms with E-state index in [0.717, 1.165) is 5.56 Å². The van der Waals surface area contributed by atoms with Crippen LogP contribution in [0.1, 0.15) is 11.5 Å². The normalized spacial score (nSPS) is 24.2. The van der Waals surface area contributed by atoms with Crippen molar-refractivity contribution in [1.82, 2.24) is 0 Å². The van der Waals surface area contributed by atoms with Gasteiger partial charge >= 0.3 is 0 Å². The van der Waals surface area contributed by atoms with Gasteiger partial charge in [-0.05, 0) is 42.0 Å². The van der Waals surface area contributed by atoms with Crippen LogP contribution in [0.3, 0.4) is 0 Å². The lowest BCUT2D eigenvalue weighted by Gasteiger charge is -2.04. The number of aliphatic hydroxyl groups is 1. The molecule has 0 heterocycles. The van der Waals surface area contributed by atoms with Crippen molar-refractivity contribution < 1.29 is 13.5 Å². The first-order chi connectivity index (χ1) is 10.4. The van der Waals surface area contributed by atoms with E-state index in [0.29, 0.717) is 10.0 Å². The first-order valence-electron chi connectivity index (χ1n) is 6.81. The number of halogens is 2. The van der Waals surface area contributed by atoms with Gasteiger partial charge < -0.3 is 5.11 Å². The Balaban J connectivity index is 1.93. The Morgan fingerprint density at radius 2 is 1.41 bits per heavy atom. The summed E-state index contributed by atoms with van der Waals surface area (Å²) in [5, 5.41) is 9.98. The Hall–Kier alpha value is -1.07. The Bertz CT molecular complexity index is 770. The largest absolute Gasteiger partial charge is 0.396 e. The third kappa shape index (κ3) is 2.76. The fraction of sp³-hybridized carbons (Fsp3) is 0.250. The predicted molar refractivity (Wildman–Crippen MR) is 87.2 cm³/mol. The summed E-state index contributed by atoms with van der Waals surface area (Å²) in [6, 6.07) is 13.2. The molecule has 0 unspecified atom stereocenters. The molecule has 116 valence electrons. The van der Waals surface area contributed by atoms with Crippen molar-refractivity contribution in [3.05, 3.63) is 64.1 Å². The predicted octanol–water partition coefficient (Wildman–Crippen LogP) is 3.54. The fourth-order valence-corrected chi connectivity index (χ4v) is 5.34. The van der Waals surface area contributed by atoms with Crippen molar-refractivity contribution in [3.8, 4) is 0 Å². The van der Waals surface area contributed by atoms with Crippen LogP contribution in [0, 0.1) is 5.92 Å². The van der Waals surface area contributed by atoms with Gasteiger partial charge in [0.15, 0.2) is 9.84 Å². The third-order valence-electron chi connectivity index (χ3n) is 4.06. The summed E-state index contributed by atoms with van der Waals surface area (Å²) >= 11 is 11.7. The summed E-state index contributed by atoms with van der Waals surface area (Å²) in [6.07, 6.45) is 0. The van der Waals surface area contributed by atoms with Gasteiger partial charge in [0.2, 0.25) is 0 Å². The molecule has 3 rings (SSSR count). The zero-order valence-corrected chi connectivity index (χ0v) is 13.8. The minimum atomic E-state index is -3.50. The Kier molecular flexibility index (Phi) is 4.21. The number of sulfone groups is 1. The topological polar surface area (TPSA) is 54.4 Å². The summed E-state index contributed by atoms with van der Waals surface area (Å²) in [7, 11) is -3.50. The second-order valence-corrected chi connectivity index (χ2v) is 8.37. The second-order valence-electron chi connectivity index (χ2n) is 5.39. The molecule has 0 aliphatic heterocycles. The van der Waals surface area contributed by atoms with Crippen LogP contribution < -0.4 is 0 Å². The van der Waals surface area contributed by atoms with Gasteiger partial charge in [0.25, 0.3) is 0 Å². The zero-order chi connectivity index (χ0) is 15.9. The molecule has 3 nitrogen and oxygen atoms in total. The van der Waals surface area contributed by atoms with Gasteiger partial charge in [-0.1, -0.05) is 35.3 Å². The molecule has 0 aromatic heterocycles. The van der Waals surface area contributed by atoms with Crippen molar-refractivity contribution in [1.29, 1.82) is 0 Å². The molecule has 1 N–H and O–H groups in total. The van der Waals surface area contributed by atoms with Crippen molar-refractivity contribution >= 4 is 33.0 Å². The molecule has 3 atom stereocenters. The third-order valence-corrected chi connectivity index (χ3v) is 6.86. The number of benzene rings is 2. The minimum absolute atomic E-state index is 0.162. The highest BCUT2D eigenvalue weighted by Gasteiger charge is 2.58. The molecule has 2 aromatic carbocycles. The first kappa shape index (κ1) is 15.8. The molecule has 1 aliphatic carbocycles. The first-order valence-corrected chi connectivity index (χ1v) is 9.11. The molecule has 22 heavy (non-hydrogen) atoms. The van der Waals surface area contributed by atoms with Gasteiger partial charge in [0.1, 0.15) is 0 Å². The molecule has 0 radical (unpaired) electrons. The summed E-state index contributed by atoms with van der Waals surface area (Å²) in [6.45, 7) is -0.162. The molecule has 1 saturated carbocycles. The molecule has 0 spiro atoms. The molecule has 0 amide bonds. The molecular formula is C16H14Cl2O3S. The van der Waals surface area contributed by atoms with Crippen LogP contribution in [0.25, 0.3) is 0 Å². The number of aliphatic hydroxyl groups excluding tert-OH is 1. The van der Waals surface area contributed by atoms with Crippen molar-refractivity contribution in [2.75, 3.05) is 6.61 Å². The Labute approximate surface area is 139 Å². The molecule has 6 heteroatoms. The van der Waals surface area contributed by atoms with Gasteiger partial charge in [-0.2, -0.15) is 0 Å². The lowest BCUT2D eigenvalue weighted by molar-refractivity contribution is 0.274. The van der Waals surface area contributed by atoms with Crippen LogP contribution in [0.4, 0.5) is 0 Å². The summed E-state index contributed by atoms with van der Waals surface area (Å²) in [5.41, 5.74) is 0.881. The average Bonchev–Trinajstić information content (AvgIpc) is 3.24. The van der Waals surface area contributed by atoms with Gasteiger partial charge in [-0.3, -0.25) is 0 Å².